The Morgan fingerprint density at radius 2 is 0.844 bits per heavy atom. The Hall–Kier alpha value is -0.706. The molecule has 2 unspecified atom stereocenters. The van der Waals surface area contributed by atoms with E-state index in [2.05, 4.69) is 41.5 Å². The molecule has 0 N–H and O–H groups in total. The van der Waals surface area contributed by atoms with E-state index in [0.29, 0.717) is 13.2 Å². The molecule has 0 aromatic heterocycles. The van der Waals surface area contributed by atoms with Gasteiger partial charge in [-0.25, -0.2) is 9.59 Å². The molecule has 0 bridgehead atoms. The van der Waals surface area contributed by atoms with Crippen molar-refractivity contribution in [1.29, 1.82) is 0 Å². The van der Waals surface area contributed by atoms with Crippen LogP contribution < -0.4 is 0 Å². The zero-order valence-corrected chi connectivity index (χ0v) is 24.1. The summed E-state index contributed by atoms with van der Waals surface area (Å²) in [5.41, 5.74) is 0. The molecule has 2 atom stereocenters. The first-order chi connectivity index (χ1) is 15.3. The third kappa shape index (κ3) is 9.65. The van der Waals surface area contributed by atoms with Crippen LogP contribution >= 0.6 is 0 Å². The van der Waals surface area contributed by atoms with E-state index < -0.39 is 40.8 Å². The highest BCUT2D eigenvalue weighted by atomic mass is 28.4. The van der Waals surface area contributed by atoms with Crippen molar-refractivity contribution < 1.29 is 27.9 Å². The minimum Gasteiger partial charge on any atom is -0.464 e. The third-order valence-corrected chi connectivity index (χ3v) is 16.1. The van der Waals surface area contributed by atoms with Crippen molar-refractivity contribution in [2.75, 3.05) is 13.2 Å². The zero-order chi connectivity index (χ0) is 24.6. The summed E-state index contributed by atoms with van der Waals surface area (Å²) in [6, 6.07) is 5.22. The van der Waals surface area contributed by atoms with E-state index in [9.17, 15) is 9.59 Å². The van der Waals surface area contributed by atoms with Gasteiger partial charge in [0.2, 0.25) is 0 Å². The van der Waals surface area contributed by atoms with Crippen molar-refractivity contribution in [3.05, 3.63) is 0 Å². The van der Waals surface area contributed by atoms with Gasteiger partial charge in [-0.15, -0.1) is 0 Å². The molecule has 190 valence electrons. The van der Waals surface area contributed by atoms with E-state index in [0.717, 1.165) is 61.9 Å². The molecular formula is C24H50O6Si2. The Kier molecular flexibility index (Phi) is 16.5. The molecule has 0 aromatic rings. The van der Waals surface area contributed by atoms with Gasteiger partial charge in [0.15, 0.2) is 28.8 Å². The lowest BCUT2D eigenvalue weighted by molar-refractivity contribution is -0.170. The fraction of sp³-hybridized carbons (Fsp3) is 0.917. The molecule has 6 nitrogen and oxygen atoms in total. The maximum atomic E-state index is 13.3. The van der Waals surface area contributed by atoms with E-state index in [1.165, 1.54) is 0 Å². The number of carbonyl (C=O) groups excluding carboxylic acids is 2. The first-order valence-corrected chi connectivity index (χ1v) is 18.0. The van der Waals surface area contributed by atoms with Gasteiger partial charge in [0.1, 0.15) is 0 Å². The fourth-order valence-corrected chi connectivity index (χ4v) is 9.32. The molecule has 8 heteroatoms. The van der Waals surface area contributed by atoms with Crippen LogP contribution in [0, 0.1) is 0 Å². The van der Waals surface area contributed by atoms with Crippen LogP contribution in [0.15, 0.2) is 0 Å². The van der Waals surface area contributed by atoms with E-state index in [4.69, 9.17) is 18.3 Å². The molecule has 0 amide bonds. The van der Waals surface area contributed by atoms with E-state index >= 15 is 0 Å². The van der Waals surface area contributed by atoms with Crippen molar-refractivity contribution in [3.63, 3.8) is 0 Å². The largest absolute Gasteiger partial charge is 0.464 e. The Morgan fingerprint density at radius 1 is 0.562 bits per heavy atom. The van der Waals surface area contributed by atoms with Gasteiger partial charge in [-0.3, -0.25) is 0 Å². The first kappa shape index (κ1) is 31.3. The zero-order valence-electron chi connectivity index (χ0n) is 22.1. The Bertz CT molecular complexity index is 458. The predicted molar refractivity (Wildman–Crippen MR) is 136 cm³/mol. The summed E-state index contributed by atoms with van der Waals surface area (Å²) in [5, 5.41) is 0. The number of hydrogen-bond acceptors (Lipinski definition) is 6. The third-order valence-electron chi connectivity index (χ3n) is 6.84. The van der Waals surface area contributed by atoms with Gasteiger partial charge < -0.3 is 18.3 Å². The van der Waals surface area contributed by atoms with Crippen LogP contribution in [0.3, 0.4) is 0 Å². The molecule has 0 aliphatic heterocycles. The summed E-state index contributed by atoms with van der Waals surface area (Å²) >= 11 is 0. The summed E-state index contributed by atoms with van der Waals surface area (Å²) in [7, 11) is -4.43. The number of rotatable bonds is 19. The van der Waals surface area contributed by atoms with Gasteiger partial charge in [-0.1, -0.05) is 68.2 Å². The summed E-state index contributed by atoms with van der Waals surface area (Å²) in [5.74, 6) is -0.983. The molecule has 0 saturated heterocycles. The van der Waals surface area contributed by atoms with Gasteiger partial charge in [0, 0.05) is 0 Å². The second kappa shape index (κ2) is 16.8. The summed E-state index contributed by atoms with van der Waals surface area (Å²) < 4.78 is 24.4. The van der Waals surface area contributed by atoms with Crippen LogP contribution in [0.5, 0.6) is 0 Å². The number of unbranched alkanes of at least 4 members (excludes halogenated alkanes) is 2. The fourth-order valence-electron chi connectivity index (χ4n) is 3.80. The van der Waals surface area contributed by atoms with Gasteiger partial charge in [-0.2, -0.15) is 0 Å². The van der Waals surface area contributed by atoms with Crippen molar-refractivity contribution in [2.24, 2.45) is 0 Å². The molecule has 0 fully saturated rings. The lowest BCUT2D eigenvalue weighted by atomic mass is 10.2. The van der Waals surface area contributed by atoms with Crippen molar-refractivity contribution in [3.8, 4) is 0 Å². The molecule has 0 aromatic carbocycles. The summed E-state index contributed by atoms with van der Waals surface area (Å²) in [6.45, 7) is 17.4. The van der Waals surface area contributed by atoms with Crippen molar-refractivity contribution in [1.82, 2.24) is 0 Å². The Labute approximate surface area is 199 Å². The lowest BCUT2D eigenvalue weighted by Crippen LogP contribution is -2.55. The molecule has 0 rings (SSSR count). The second-order valence-electron chi connectivity index (χ2n) is 8.61. The molecule has 0 aliphatic carbocycles. The topological polar surface area (TPSA) is 71.1 Å². The maximum Gasteiger partial charge on any atom is 0.337 e. The van der Waals surface area contributed by atoms with E-state index in [1.54, 1.807) is 0 Å². The Morgan fingerprint density at radius 3 is 1.06 bits per heavy atom. The Balaban J connectivity index is 6.18. The number of esters is 2. The monoisotopic (exact) mass is 490 g/mol. The lowest BCUT2D eigenvalue weighted by Gasteiger charge is -2.38. The molecule has 0 heterocycles. The minimum absolute atomic E-state index is 0.323. The van der Waals surface area contributed by atoms with Crippen LogP contribution in [0.2, 0.25) is 36.3 Å². The smallest absolute Gasteiger partial charge is 0.337 e. The van der Waals surface area contributed by atoms with Crippen LogP contribution in [0.25, 0.3) is 0 Å². The number of ether oxygens (including phenoxy) is 2. The van der Waals surface area contributed by atoms with Crippen LogP contribution in [0.4, 0.5) is 0 Å². The van der Waals surface area contributed by atoms with Gasteiger partial charge >= 0.3 is 11.9 Å². The number of hydrogen-bond donors (Lipinski definition) is 0. The van der Waals surface area contributed by atoms with Gasteiger partial charge in [0.05, 0.1) is 13.2 Å². The predicted octanol–water partition coefficient (Wildman–Crippen LogP) is 6.45. The molecule has 32 heavy (non-hydrogen) atoms. The number of carbonyl (C=O) groups is 2. The molecule has 0 radical (unpaired) electrons. The summed E-state index contributed by atoms with van der Waals surface area (Å²) in [6.07, 6.45) is 1.27. The standard InChI is InChI=1S/C24H50O6Si2/c1-9-17-19-27-23(25)21(29-31(11-3,12-4)13-5)22(24(26)28-20-18-10-2)30-32(14-6,15-7)16-8/h21-22H,9-20H2,1-8H3. The van der Waals surface area contributed by atoms with E-state index in [-0.39, 0.29) is 0 Å². The molecule has 0 aliphatic rings. The van der Waals surface area contributed by atoms with Crippen molar-refractivity contribution >= 4 is 28.6 Å². The van der Waals surface area contributed by atoms with Crippen LogP contribution in [-0.4, -0.2) is 54.0 Å². The highest BCUT2D eigenvalue weighted by Gasteiger charge is 2.47. The van der Waals surface area contributed by atoms with Crippen molar-refractivity contribution in [2.45, 2.75) is 130 Å². The average Bonchev–Trinajstić information content (AvgIpc) is 2.82. The SMILES string of the molecule is CCCCOC(=O)C(O[Si](CC)(CC)CC)C(O[Si](CC)(CC)CC)C(=O)OCCCC. The highest BCUT2D eigenvalue weighted by Crippen LogP contribution is 2.30. The minimum atomic E-state index is -2.22. The first-order valence-electron chi connectivity index (χ1n) is 13.0. The van der Waals surface area contributed by atoms with E-state index in [1.807, 2.05) is 13.8 Å². The normalized spacial score (nSPS) is 14.1. The maximum absolute atomic E-state index is 13.3. The second-order valence-corrected chi connectivity index (χ2v) is 18.1. The molecule has 0 saturated carbocycles. The quantitative estimate of drug-likeness (QED) is 0.118. The molecule has 0 spiro atoms. The highest BCUT2D eigenvalue weighted by molar-refractivity contribution is 6.74. The summed E-state index contributed by atoms with van der Waals surface area (Å²) in [4.78, 5) is 26.5. The van der Waals surface area contributed by atoms with Gasteiger partial charge in [0.25, 0.3) is 0 Å². The molecular weight excluding hydrogens is 440 g/mol. The van der Waals surface area contributed by atoms with Crippen LogP contribution in [0.1, 0.15) is 81.1 Å². The van der Waals surface area contributed by atoms with Crippen LogP contribution in [-0.2, 0) is 27.9 Å². The van der Waals surface area contributed by atoms with Gasteiger partial charge in [-0.05, 0) is 49.1 Å². The average molecular weight is 491 g/mol.